The number of Topliss-reactive ketones (excluding diaryl/α,β-unsaturated/α-hetero) is 1. The summed E-state index contributed by atoms with van der Waals surface area (Å²) in [5.74, 6) is -0.113. The zero-order valence-electron chi connectivity index (χ0n) is 10.5. The van der Waals surface area contributed by atoms with Gasteiger partial charge in [0, 0.05) is 25.9 Å². The van der Waals surface area contributed by atoms with E-state index in [9.17, 15) is 14.7 Å². The molecule has 0 spiro atoms. The molecule has 0 radical (unpaired) electrons. The average Bonchev–Trinajstić information content (AvgIpc) is 2.82. The average molecular weight is 302 g/mol. The van der Waals surface area contributed by atoms with Crippen LogP contribution in [0.1, 0.15) is 35.4 Å². The van der Waals surface area contributed by atoms with Crippen LogP contribution < -0.4 is 0 Å². The number of likely N-dealkylation sites (tertiary alicyclic amines) is 1. The standard InChI is InChI=1S/C13H16ClNO3S/c14-12-5-4-11(19-12)10(17)3-6-13(18)15-7-1-2-9(16)8-15/h4-5,9,16H,1-3,6-8H2. The van der Waals surface area contributed by atoms with Crippen molar-refractivity contribution in [2.45, 2.75) is 31.8 Å². The summed E-state index contributed by atoms with van der Waals surface area (Å²) in [5, 5.41) is 9.51. The van der Waals surface area contributed by atoms with E-state index >= 15 is 0 Å². The minimum absolute atomic E-state index is 0.0530. The number of piperidine rings is 1. The van der Waals surface area contributed by atoms with Crippen molar-refractivity contribution >= 4 is 34.6 Å². The van der Waals surface area contributed by atoms with Crippen LogP contribution in [-0.4, -0.2) is 40.9 Å². The Labute approximate surface area is 121 Å². The van der Waals surface area contributed by atoms with Gasteiger partial charge in [-0.15, -0.1) is 11.3 Å². The van der Waals surface area contributed by atoms with Crippen LogP contribution >= 0.6 is 22.9 Å². The van der Waals surface area contributed by atoms with E-state index in [0.29, 0.717) is 22.3 Å². The van der Waals surface area contributed by atoms with Gasteiger partial charge in [-0.3, -0.25) is 9.59 Å². The van der Waals surface area contributed by atoms with Gasteiger partial charge in [0.1, 0.15) is 0 Å². The lowest BCUT2D eigenvalue weighted by Crippen LogP contribution is -2.42. The lowest BCUT2D eigenvalue weighted by atomic mass is 10.1. The molecule has 1 amide bonds. The molecule has 0 aromatic carbocycles. The van der Waals surface area contributed by atoms with Crippen LogP contribution in [0.4, 0.5) is 0 Å². The van der Waals surface area contributed by atoms with Crippen molar-refractivity contribution in [2.75, 3.05) is 13.1 Å². The summed E-state index contributed by atoms with van der Waals surface area (Å²) in [5.41, 5.74) is 0. The monoisotopic (exact) mass is 301 g/mol. The van der Waals surface area contributed by atoms with Gasteiger partial charge in [-0.2, -0.15) is 0 Å². The van der Waals surface area contributed by atoms with Gasteiger partial charge in [0.15, 0.2) is 5.78 Å². The highest BCUT2D eigenvalue weighted by molar-refractivity contribution is 7.18. The van der Waals surface area contributed by atoms with Gasteiger partial charge in [0.25, 0.3) is 0 Å². The first-order valence-electron chi connectivity index (χ1n) is 6.30. The predicted octanol–water partition coefficient (Wildman–Crippen LogP) is 2.35. The van der Waals surface area contributed by atoms with E-state index in [4.69, 9.17) is 11.6 Å². The van der Waals surface area contributed by atoms with Crippen molar-refractivity contribution in [1.29, 1.82) is 0 Å². The van der Waals surface area contributed by atoms with E-state index in [1.807, 2.05) is 0 Å². The molecule has 1 atom stereocenters. The van der Waals surface area contributed by atoms with Gasteiger partial charge in [-0.1, -0.05) is 11.6 Å². The van der Waals surface area contributed by atoms with E-state index in [0.717, 1.165) is 12.8 Å². The number of aliphatic hydroxyl groups is 1. The molecule has 104 valence electrons. The SMILES string of the molecule is O=C(CCC(=O)N1CCCC(O)C1)c1ccc(Cl)s1. The van der Waals surface area contributed by atoms with Gasteiger partial charge in [-0.25, -0.2) is 0 Å². The summed E-state index contributed by atoms with van der Waals surface area (Å²) in [6.45, 7) is 1.06. The number of halogens is 1. The third kappa shape index (κ3) is 4.03. The number of ketones is 1. The summed E-state index contributed by atoms with van der Waals surface area (Å²) in [6, 6.07) is 3.37. The van der Waals surface area contributed by atoms with E-state index in [-0.39, 0.29) is 24.5 Å². The molecule has 1 saturated heterocycles. The van der Waals surface area contributed by atoms with Gasteiger partial charge in [-0.05, 0) is 25.0 Å². The maximum Gasteiger partial charge on any atom is 0.223 e. The lowest BCUT2D eigenvalue weighted by Gasteiger charge is -2.30. The van der Waals surface area contributed by atoms with Gasteiger partial charge in [0.2, 0.25) is 5.91 Å². The number of nitrogens with zero attached hydrogens (tertiary/aromatic N) is 1. The highest BCUT2D eigenvalue weighted by Gasteiger charge is 2.22. The third-order valence-corrected chi connectivity index (χ3v) is 4.44. The molecular weight excluding hydrogens is 286 g/mol. The topological polar surface area (TPSA) is 57.6 Å². The minimum Gasteiger partial charge on any atom is -0.391 e. The Bertz CT molecular complexity index is 474. The molecule has 0 saturated carbocycles. The molecule has 1 aromatic rings. The number of β-amino-alcohol motifs (C(OH)–C–C–N with tert-alkyl or cyclic N) is 1. The zero-order valence-corrected chi connectivity index (χ0v) is 12.0. The second kappa shape index (κ2) is 6.50. The number of hydrogen-bond acceptors (Lipinski definition) is 4. The van der Waals surface area contributed by atoms with Crippen LogP contribution in [0, 0.1) is 0 Å². The number of amides is 1. The molecule has 6 heteroatoms. The zero-order chi connectivity index (χ0) is 13.8. The molecule has 0 aliphatic carbocycles. The fourth-order valence-corrected chi connectivity index (χ4v) is 3.16. The largest absolute Gasteiger partial charge is 0.391 e. The Hall–Kier alpha value is -0.910. The van der Waals surface area contributed by atoms with Crippen LogP contribution in [0.25, 0.3) is 0 Å². The first-order chi connectivity index (χ1) is 9.06. The fraction of sp³-hybridized carbons (Fsp3) is 0.538. The lowest BCUT2D eigenvalue weighted by molar-refractivity contribution is -0.134. The molecule has 1 unspecified atom stereocenters. The number of thiophene rings is 1. The van der Waals surface area contributed by atoms with Crippen LogP contribution in [0.2, 0.25) is 4.34 Å². The summed E-state index contributed by atoms with van der Waals surface area (Å²) in [6.07, 6.45) is 1.53. The number of hydrogen-bond donors (Lipinski definition) is 1. The summed E-state index contributed by atoms with van der Waals surface area (Å²) >= 11 is 7.00. The predicted molar refractivity (Wildman–Crippen MR) is 74.7 cm³/mol. The number of carbonyl (C=O) groups is 2. The Kier molecular flexibility index (Phi) is 4.96. The summed E-state index contributed by atoms with van der Waals surface area (Å²) < 4.78 is 0.578. The minimum atomic E-state index is -0.426. The Morgan fingerprint density at radius 1 is 1.42 bits per heavy atom. The number of rotatable bonds is 4. The van der Waals surface area contributed by atoms with Crippen molar-refractivity contribution in [1.82, 2.24) is 4.90 Å². The van der Waals surface area contributed by atoms with Crippen LogP contribution in [0.3, 0.4) is 0 Å². The molecular formula is C13H16ClNO3S. The normalized spacial score (nSPS) is 19.5. The highest BCUT2D eigenvalue weighted by atomic mass is 35.5. The fourth-order valence-electron chi connectivity index (χ4n) is 2.15. The van der Waals surface area contributed by atoms with Crippen molar-refractivity contribution in [3.8, 4) is 0 Å². The third-order valence-electron chi connectivity index (χ3n) is 3.16. The van der Waals surface area contributed by atoms with E-state index < -0.39 is 6.10 Å². The van der Waals surface area contributed by atoms with E-state index in [1.54, 1.807) is 17.0 Å². The molecule has 1 aromatic heterocycles. The van der Waals surface area contributed by atoms with Crippen LogP contribution in [-0.2, 0) is 4.79 Å². The quantitative estimate of drug-likeness (QED) is 0.869. The molecule has 4 nitrogen and oxygen atoms in total. The maximum atomic E-state index is 11.9. The van der Waals surface area contributed by atoms with Crippen LogP contribution in [0.15, 0.2) is 12.1 Å². The number of aliphatic hydroxyl groups excluding tert-OH is 1. The van der Waals surface area contributed by atoms with Gasteiger partial charge in [0.05, 0.1) is 15.3 Å². The molecule has 0 bridgehead atoms. The molecule has 2 rings (SSSR count). The second-order valence-electron chi connectivity index (χ2n) is 4.66. The van der Waals surface area contributed by atoms with Gasteiger partial charge < -0.3 is 10.0 Å². The van der Waals surface area contributed by atoms with Gasteiger partial charge >= 0.3 is 0 Å². The molecule has 2 heterocycles. The Balaban J connectivity index is 1.81. The molecule has 1 aliphatic rings. The molecule has 1 aliphatic heterocycles. The van der Waals surface area contributed by atoms with E-state index in [2.05, 4.69) is 0 Å². The molecule has 1 N–H and O–H groups in total. The summed E-state index contributed by atoms with van der Waals surface area (Å²) in [7, 11) is 0. The maximum absolute atomic E-state index is 11.9. The Morgan fingerprint density at radius 2 is 2.21 bits per heavy atom. The number of carbonyl (C=O) groups excluding carboxylic acids is 2. The van der Waals surface area contributed by atoms with E-state index in [1.165, 1.54) is 11.3 Å². The first-order valence-corrected chi connectivity index (χ1v) is 7.50. The van der Waals surface area contributed by atoms with Crippen molar-refractivity contribution in [2.24, 2.45) is 0 Å². The van der Waals surface area contributed by atoms with Crippen molar-refractivity contribution in [3.63, 3.8) is 0 Å². The molecule has 1 fully saturated rings. The second-order valence-corrected chi connectivity index (χ2v) is 6.38. The highest BCUT2D eigenvalue weighted by Crippen LogP contribution is 2.23. The van der Waals surface area contributed by atoms with Crippen LogP contribution in [0.5, 0.6) is 0 Å². The Morgan fingerprint density at radius 3 is 2.84 bits per heavy atom. The molecule has 19 heavy (non-hydrogen) atoms. The van der Waals surface area contributed by atoms with Crippen molar-refractivity contribution < 1.29 is 14.7 Å². The smallest absolute Gasteiger partial charge is 0.223 e. The van der Waals surface area contributed by atoms with Crippen molar-refractivity contribution in [3.05, 3.63) is 21.3 Å². The first kappa shape index (κ1) is 14.5. The summed E-state index contributed by atoms with van der Waals surface area (Å²) in [4.78, 5) is 26.0.